The number of hydrogen-bond acceptors (Lipinski definition) is 1. The van der Waals surface area contributed by atoms with E-state index in [4.69, 9.17) is 4.74 Å². The zero-order valence-electron chi connectivity index (χ0n) is 9.34. The smallest absolute Gasteiger partial charge is 0.493 e. The van der Waals surface area contributed by atoms with Crippen LogP contribution in [0.2, 0.25) is 0 Å². The summed E-state index contributed by atoms with van der Waals surface area (Å²) in [6.45, 7) is 0.0385. The average molecular weight is 254 g/mol. The first-order chi connectivity index (χ1) is 6.95. The Hall–Kier alpha value is 0.251. The minimum Gasteiger partial charge on any atom is -0.493 e. The molecule has 0 aromatic heterocycles. The zero-order valence-corrected chi connectivity index (χ0v) is 12.5. The van der Waals surface area contributed by atoms with E-state index in [0.29, 0.717) is 5.56 Å². The molecule has 0 aliphatic carbocycles. The second kappa shape index (κ2) is 6.86. The van der Waals surface area contributed by atoms with Crippen LogP contribution in [0.15, 0.2) is 30.9 Å². The fourth-order valence-electron chi connectivity index (χ4n) is 1.20. The van der Waals surface area contributed by atoms with Crippen LogP contribution in [0.1, 0.15) is 5.56 Å². The van der Waals surface area contributed by atoms with Crippen LogP contribution in [0.5, 0.6) is 5.75 Å². The van der Waals surface area contributed by atoms with Crippen LogP contribution in [0, 0.1) is 6.92 Å². The molecule has 1 rings (SSSR count). The summed E-state index contributed by atoms with van der Waals surface area (Å²) in [6.07, 6.45) is 1.41. The van der Waals surface area contributed by atoms with Gasteiger partial charge in [0.15, 0.2) is 0 Å². The van der Waals surface area contributed by atoms with Crippen molar-refractivity contribution in [1.82, 2.24) is 0 Å². The van der Waals surface area contributed by atoms with Gasteiger partial charge < -0.3 is 17.7 Å². The Bertz CT molecular complexity index is 366. The van der Waals surface area contributed by atoms with E-state index in [9.17, 15) is 12.9 Å². The van der Waals surface area contributed by atoms with E-state index in [2.05, 4.69) is 6.58 Å². The van der Waals surface area contributed by atoms with Gasteiger partial charge >= 0.3 is 58.4 Å². The first kappa shape index (κ1) is 16.3. The molecule has 6 heteroatoms. The SMILES string of the molecule is C=CCOc1ccc(C)cc1[B-](F)(F)F.[K+]. The van der Waals surface area contributed by atoms with Gasteiger partial charge in [-0.2, -0.15) is 0 Å². The summed E-state index contributed by atoms with van der Waals surface area (Å²) in [5, 5.41) is 0. The fourth-order valence-corrected chi connectivity index (χ4v) is 1.20. The van der Waals surface area contributed by atoms with E-state index in [0.717, 1.165) is 6.07 Å². The molecule has 1 aromatic carbocycles. The molecule has 0 heterocycles. The summed E-state index contributed by atoms with van der Waals surface area (Å²) >= 11 is 0. The maximum Gasteiger partial charge on any atom is 1.00 e. The molecule has 0 atom stereocenters. The van der Waals surface area contributed by atoms with Crippen molar-refractivity contribution < 1.29 is 69.1 Å². The van der Waals surface area contributed by atoms with Gasteiger partial charge in [0.05, 0.1) is 5.75 Å². The second-order valence-corrected chi connectivity index (χ2v) is 3.22. The van der Waals surface area contributed by atoms with Crippen molar-refractivity contribution in [1.29, 1.82) is 0 Å². The van der Waals surface area contributed by atoms with Crippen LogP contribution in [0.4, 0.5) is 12.9 Å². The van der Waals surface area contributed by atoms with Gasteiger partial charge in [0.1, 0.15) is 6.61 Å². The Morgan fingerprint density at radius 3 is 2.50 bits per heavy atom. The van der Waals surface area contributed by atoms with Gasteiger partial charge in [0.25, 0.3) is 0 Å². The number of aryl methyl sites for hydroxylation is 1. The Balaban J connectivity index is 0.00000225. The quantitative estimate of drug-likeness (QED) is 0.525. The molecule has 0 saturated heterocycles. The molecule has 82 valence electrons. The van der Waals surface area contributed by atoms with Crippen LogP contribution in [0.25, 0.3) is 0 Å². The third-order valence-electron chi connectivity index (χ3n) is 1.87. The predicted octanol–water partition coefficient (Wildman–Crippen LogP) is -0.382. The molecule has 0 unspecified atom stereocenters. The van der Waals surface area contributed by atoms with E-state index >= 15 is 0 Å². The van der Waals surface area contributed by atoms with E-state index in [-0.39, 0.29) is 63.7 Å². The monoisotopic (exact) mass is 254 g/mol. The molecule has 0 radical (unpaired) electrons. The van der Waals surface area contributed by atoms with Crippen molar-refractivity contribution in [3.05, 3.63) is 36.4 Å². The normalized spacial score (nSPS) is 10.5. The fraction of sp³-hybridized carbons (Fsp3) is 0.200. The predicted molar refractivity (Wildman–Crippen MR) is 55.6 cm³/mol. The molecular formula is C10H11BF3KO. The van der Waals surface area contributed by atoms with Crippen LogP contribution in [0.3, 0.4) is 0 Å². The van der Waals surface area contributed by atoms with Gasteiger partial charge in [-0.3, -0.25) is 0 Å². The van der Waals surface area contributed by atoms with Crippen LogP contribution in [-0.2, 0) is 0 Å². The first-order valence-electron chi connectivity index (χ1n) is 4.49. The molecule has 0 N–H and O–H groups in total. The van der Waals surface area contributed by atoms with Gasteiger partial charge in [0.2, 0.25) is 0 Å². The van der Waals surface area contributed by atoms with Crippen molar-refractivity contribution >= 4 is 12.4 Å². The molecule has 1 aromatic rings. The number of ether oxygens (including phenoxy) is 1. The maximum absolute atomic E-state index is 12.6. The van der Waals surface area contributed by atoms with Crippen molar-refractivity contribution in [2.45, 2.75) is 6.92 Å². The molecule has 0 aliphatic heterocycles. The molecule has 1 nitrogen and oxygen atoms in total. The molecule has 0 amide bonds. The van der Waals surface area contributed by atoms with Gasteiger partial charge in [-0.25, -0.2) is 0 Å². The Kier molecular flexibility index (Phi) is 6.97. The Labute approximate surface area is 136 Å². The Morgan fingerprint density at radius 1 is 1.38 bits per heavy atom. The third kappa shape index (κ3) is 4.63. The Morgan fingerprint density at radius 2 is 2.00 bits per heavy atom. The maximum atomic E-state index is 12.6. The van der Waals surface area contributed by atoms with Crippen LogP contribution < -0.4 is 61.6 Å². The zero-order chi connectivity index (χ0) is 11.5. The number of halogens is 3. The summed E-state index contributed by atoms with van der Waals surface area (Å²) in [5.74, 6) is -0.131. The number of rotatable bonds is 4. The molecule has 0 saturated carbocycles. The van der Waals surface area contributed by atoms with Crippen molar-refractivity contribution in [2.24, 2.45) is 0 Å². The summed E-state index contributed by atoms with van der Waals surface area (Å²) in [5.41, 5.74) is -0.119. The minimum atomic E-state index is -5.03. The standard InChI is InChI=1S/C10H11BF3O.K/c1-3-6-15-10-5-4-8(2)7-9(10)11(12,13)14;/h3-5,7H,1,6H2,2H3;/q-1;+1. The molecule has 0 fully saturated rings. The van der Waals surface area contributed by atoms with Crippen LogP contribution in [-0.4, -0.2) is 13.6 Å². The topological polar surface area (TPSA) is 9.23 Å². The first-order valence-corrected chi connectivity index (χ1v) is 4.49. The van der Waals surface area contributed by atoms with Crippen LogP contribution >= 0.6 is 0 Å². The molecule has 0 spiro atoms. The molecule has 16 heavy (non-hydrogen) atoms. The van der Waals surface area contributed by atoms with E-state index in [1.54, 1.807) is 13.0 Å². The number of benzene rings is 1. The molecule has 0 bridgehead atoms. The van der Waals surface area contributed by atoms with Crippen molar-refractivity contribution in [3.8, 4) is 5.75 Å². The van der Waals surface area contributed by atoms with E-state index < -0.39 is 12.4 Å². The largest absolute Gasteiger partial charge is 1.00 e. The average Bonchev–Trinajstić information content (AvgIpc) is 2.14. The number of hydrogen-bond donors (Lipinski definition) is 0. The minimum absolute atomic E-state index is 0. The summed E-state index contributed by atoms with van der Waals surface area (Å²) < 4.78 is 42.8. The van der Waals surface area contributed by atoms with Crippen molar-refractivity contribution in [3.63, 3.8) is 0 Å². The van der Waals surface area contributed by atoms with Gasteiger partial charge in [-0.15, -0.1) is 0 Å². The van der Waals surface area contributed by atoms with Gasteiger partial charge in [-0.1, -0.05) is 35.8 Å². The second-order valence-electron chi connectivity index (χ2n) is 3.22. The molecular weight excluding hydrogens is 243 g/mol. The van der Waals surface area contributed by atoms with Gasteiger partial charge in [0, 0.05) is 0 Å². The third-order valence-corrected chi connectivity index (χ3v) is 1.87. The summed E-state index contributed by atoms with van der Waals surface area (Å²) in [7, 11) is 0. The summed E-state index contributed by atoms with van der Waals surface area (Å²) in [4.78, 5) is 0. The van der Waals surface area contributed by atoms with E-state index in [1.807, 2.05) is 0 Å². The summed E-state index contributed by atoms with van der Waals surface area (Å²) in [6, 6.07) is 4.02. The van der Waals surface area contributed by atoms with Crippen molar-refractivity contribution in [2.75, 3.05) is 6.61 Å². The molecule has 0 aliphatic rings. The van der Waals surface area contributed by atoms with Gasteiger partial charge in [-0.05, 0) is 13.0 Å². The van der Waals surface area contributed by atoms with E-state index in [1.165, 1.54) is 12.1 Å².